The van der Waals surface area contributed by atoms with Crippen LogP contribution in [0.3, 0.4) is 0 Å². The Morgan fingerprint density at radius 2 is 1.95 bits per heavy atom. The Hall–Kier alpha value is -3.70. The predicted molar refractivity (Wildman–Crippen MR) is 153 cm³/mol. The highest BCUT2D eigenvalue weighted by Crippen LogP contribution is 2.37. The van der Waals surface area contributed by atoms with Gasteiger partial charge >= 0.3 is 5.76 Å². The van der Waals surface area contributed by atoms with Crippen LogP contribution in [0.1, 0.15) is 41.7 Å². The summed E-state index contributed by atoms with van der Waals surface area (Å²) in [5.74, 6) is -2.57. The molecular formula is C28H31F3N6OS. The number of hydrogen-bond donors (Lipinski definition) is 4. The van der Waals surface area contributed by atoms with Crippen LogP contribution in [0.5, 0.6) is 5.75 Å². The predicted octanol–water partition coefficient (Wildman–Crippen LogP) is 6.40. The van der Waals surface area contributed by atoms with Crippen LogP contribution in [0.15, 0.2) is 54.7 Å². The average molecular weight is 557 g/mol. The van der Waals surface area contributed by atoms with Crippen LogP contribution in [0.25, 0.3) is 5.57 Å². The molecule has 1 aromatic heterocycles. The van der Waals surface area contributed by atoms with Crippen LogP contribution in [0.2, 0.25) is 0 Å². The van der Waals surface area contributed by atoms with Crippen LogP contribution in [0.4, 0.5) is 30.4 Å². The van der Waals surface area contributed by atoms with Crippen LogP contribution in [-0.2, 0) is 0 Å². The molecule has 0 bridgehead atoms. The summed E-state index contributed by atoms with van der Waals surface area (Å²) in [6.45, 7) is 3.48. The summed E-state index contributed by atoms with van der Waals surface area (Å²) < 4.78 is 48.1. The van der Waals surface area contributed by atoms with Crippen molar-refractivity contribution in [3.05, 3.63) is 82.8 Å². The standard InChI is InChI=1S/C28H31F3N6OS/c1-16(17-6-9-20(29)10-7-17)38-23-13-18(8-11-22(23)36-39-28(30)31)25(32)24-26(34-2)21(14-35-27(24)33)19-5-4-12-37(3)15-19/h5-11,13-14,16,28,32,36H,4,12,15H2,1-3H3,(H3,33,34,35). The van der Waals surface area contributed by atoms with Crippen molar-refractivity contribution in [2.75, 3.05) is 43.0 Å². The number of nitrogens with zero attached hydrogens (tertiary/aromatic N) is 2. The molecule has 11 heteroatoms. The number of nitrogens with one attached hydrogen (secondary N) is 3. The van der Waals surface area contributed by atoms with Gasteiger partial charge in [-0.3, -0.25) is 5.41 Å². The lowest BCUT2D eigenvalue weighted by Crippen LogP contribution is -2.25. The Kier molecular flexibility index (Phi) is 9.03. The van der Waals surface area contributed by atoms with E-state index in [9.17, 15) is 13.2 Å². The summed E-state index contributed by atoms with van der Waals surface area (Å²) in [7, 11) is 3.83. The van der Waals surface area contributed by atoms with E-state index in [1.54, 1.807) is 50.5 Å². The Bertz CT molecular complexity index is 1370. The number of rotatable bonds is 10. The highest BCUT2D eigenvalue weighted by molar-refractivity contribution is 8.00. The third kappa shape index (κ3) is 6.66. The number of benzene rings is 2. The number of anilines is 3. The lowest BCUT2D eigenvalue weighted by Gasteiger charge is -2.25. The van der Waals surface area contributed by atoms with Crippen molar-refractivity contribution >= 4 is 40.4 Å². The van der Waals surface area contributed by atoms with Crippen LogP contribution >= 0.6 is 11.9 Å². The summed E-state index contributed by atoms with van der Waals surface area (Å²) in [6, 6.07) is 10.7. The Morgan fingerprint density at radius 3 is 2.62 bits per heavy atom. The Balaban J connectivity index is 1.72. The topological polar surface area (TPSA) is 99.3 Å². The number of ether oxygens (including phenoxy) is 1. The molecule has 2 heterocycles. The van der Waals surface area contributed by atoms with Gasteiger partial charge in [0.15, 0.2) is 0 Å². The first-order chi connectivity index (χ1) is 18.7. The fourth-order valence-electron chi connectivity index (χ4n) is 4.48. The minimum absolute atomic E-state index is 0.100. The van der Waals surface area contributed by atoms with E-state index in [0.717, 1.165) is 30.6 Å². The number of halogens is 3. The van der Waals surface area contributed by atoms with Crippen molar-refractivity contribution in [2.24, 2.45) is 0 Å². The van der Waals surface area contributed by atoms with Gasteiger partial charge in [0.1, 0.15) is 23.5 Å². The lowest BCUT2D eigenvalue weighted by molar-refractivity contribution is 0.228. The number of nitrogens with two attached hydrogens (primary N) is 1. The minimum Gasteiger partial charge on any atom is -0.484 e. The SMILES string of the molecule is CNc1c(C2=CCCN(C)C2)cnc(N)c1C(=N)c1ccc(NSC(F)F)c(OC(C)c2ccc(F)cc2)c1. The van der Waals surface area contributed by atoms with Crippen molar-refractivity contribution in [1.82, 2.24) is 9.88 Å². The summed E-state index contributed by atoms with van der Waals surface area (Å²) in [4.78, 5) is 6.61. The molecule has 1 aliphatic heterocycles. The number of pyridine rings is 1. The number of nitrogen functional groups attached to an aromatic ring is 1. The maximum atomic E-state index is 13.4. The van der Waals surface area contributed by atoms with E-state index >= 15 is 0 Å². The molecule has 1 atom stereocenters. The summed E-state index contributed by atoms with van der Waals surface area (Å²) in [5.41, 5.74) is 11.0. The first-order valence-electron chi connectivity index (χ1n) is 12.4. The first kappa shape index (κ1) is 28.3. The van der Waals surface area contributed by atoms with Gasteiger partial charge in [0.2, 0.25) is 0 Å². The molecule has 0 amide bonds. The zero-order chi connectivity index (χ0) is 28.1. The molecule has 0 aliphatic carbocycles. The van der Waals surface area contributed by atoms with E-state index in [2.05, 4.69) is 33.0 Å². The number of likely N-dealkylation sites (N-methyl/N-ethyl adjacent to an activating group) is 1. The average Bonchev–Trinajstić information content (AvgIpc) is 2.92. The monoisotopic (exact) mass is 556 g/mol. The van der Waals surface area contributed by atoms with Crippen LogP contribution in [0, 0.1) is 11.2 Å². The van der Waals surface area contributed by atoms with Gasteiger partial charge in [0, 0.05) is 49.4 Å². The van der Waals surface area contributed by atoms with E-state index in [1.807, 2.05) is 0 Å². The molecule has 3 aromatic rings. The second kappa shape index (κ2) is 12.4. The van der Waals surface area contributed by atoms with Crippen molar-refractivity contribution in [3.63, 3.8) is 0 Å². The number of hydrogen-bond acceptors (Lipinski definition) is 8. The van der Waals surface area contributed by atoms with Gasteiger partial charge in [-0.25, -0.2) is 9.37 Å². The normalized spacial score (nSPS) is 14.6. The quantitative estimate of drug-likeness (QED) is 0.169. The summed E-state index contributed by atoms with van der Waals surface area (Å²) in [6.07, 6.45) is 4.27. The third-order valence-electron chi connectivity index (χ3n) is 6.47. The van der Waals surface area contributed by atoms with Gasteiger partial charge < -0.3 is 25.4 Å². The van der Waals surface area contributed by atoms with E-state index in [-0.39, 0.29) is 35.0 Å². The van der Waals surface area contributed by atoms with Gasteiger partial charge in [-0.2, -0.15) is 8.78 Å². The largest absolute Gasteiger partial charge is 0.484 e. The molecule has 39 heavy (non-hydrogen) atoms. The van der Waals surface area contributed by atoms with Crippen LogP contribution < -0.4 is 20.5 Å². The van der Waals surface area contributed by atoms with Gasteiger partial charge in [-0.05, 0) is 55.8 Å². The highest BCUT2D eigenvalue weighted by atomic mass is 32.2. The molecule has 0 radical (unpaired) electrons. The van der Waals surface area contributed by atoms with Crippen molar-refractivity contribution < 1.29 is 17.9 Å². The summed E-state index contributed by atoms with van der Waals surface area (Å²) >= 11 is 0.244. The molecule has 206 valence electrons. The summed E-state index contributed by atoms with van der Waals surface area (Å²) in [5, 5.41) is 12.3. The maximum absolute atomic E-state index is 13.4. The van der Waals surface area contributed by atoms with Gasteiger partial charge in [-0.15, -0.1) is 0 Å². The molecule has 0 saturated carbocycles. The van der Waals surface area contributed by atoms with E-state index in [4.69, 9.17) is 15.9 Å². The minimum atomic E-state index is -2.65. The zero-order valence-corrected chi connectivity index (χ0v) is 22.7. The molecular weight excluding hydrogens is 525 g/mol. The van der Waals surface area contributed by atoms with Gasteiger partial charge in [0.25, 0.3) is 0 Å². The molecule has 0 spiro atoms. The number of aromatic nitrogens is 1. The van der Waals surface area contributed by atoms with Crippen LogP contribution in [-0.4, -0.2) is 48.5 Å². The molecule has 0 fully saturated rings. The lowest BCUT2D eigenvalue weighted by atomic mass is 9.94. The van der Waals surface area contributed by atoms with Crippen molar-refractivity contribution in [3.8, 4) is 5.75 Å². The van der Waals surface area contributed by atoms with E-state index < -0.39 is 11.9 Å². The molecule has 1 unspecified atom stereocenters. The van der Waals surface area contributed by atoms with Crippen molar-refractivity contribution in [1.29, 1.82) is 5.41 Å². The highest BCUT2D eigenvalue weighted by Gasteiger charge is 2.23. The molecule has 4 rings (SSSR count). The van der Waals surface area contributed by atoms with Gasteiger partial charge in [0.05, 0.1) is 22.6 Å². The molecule has 2 aromatic carbocycles. The number of alkyl halides is 2. The molecule has 1 aliphatic rings. The smallest absolute Gasteiger partial charge is 0.302 e. The Morgan fingerprint density at radius 1 is 1.21 bits per heavy atom. The fraction of sp³-hybridized carbons (Fsp3) is 0.286. The first-order valence-corrected chi connectivity index (χ1v) is 13.2. The van der Waals surface area contributed by atoms with Gasteiger partial charge in [-0.1, -0.05) is 24.3 Å². The Labute approximate surface area is 230 Å². The zero-order valence-electron chi connectivity index (χ0n) is 21.9. The molecule has 0 saturated heterocycles. The third-order valence-corrected chi connectivity index (χ3v) is 6.98. The van der Waals surface area contributed by atoms with E-state index in [1.165, 1.54) is 12.1 Å². The molecule has 5 N–H and O–H groups in total. The second-order valence-corrected chi connectivity index (χ2v) is 9.99. The molecule has 7 nitrogen and oxygen atoms in total. The second-order valence-electron chi connectivity index (χ2n) is 9.19. The fourth-order valence-corrected chi connectivity index (χ4v) is 4.86. The van der Waals surface area contributed by atoms with E-state index in [0.29, 0.717) is 28.1 Å². The maximum Gasteiger partial charge on any atom is 0.302 e. The van der Waals surface area contributed by atoms with Crippen molar-refractivity contribution in [2.45, 2.75) is 25.2 Å².